The van der Waals surface area contributed by atoms with Gasteiger partial charge < -0.3 is 5.32 Å². The van der Waals surface area contributed by atoms with Crippen molar-refractivity contribution in [1.29, 1.82) is 0 Å². The molecule has 0 aliphatic rings. The SMILES string of the molecule is CCCCC(CC)C(CCc1cnn(C)c1)NCC. The second kappa shape index (κ2) is 9.13. The molecular weight excluding hydrogens is 234 g/mol. The molecule has 1 rings (SSSR count). The highest BCUT2D eigenvalue weighted by Gasteiger charge is 2.18. The zero-order chi connectivity index (χ0) is 14.1. The second-order valence-corrected chi connectivity index (χ2v) is 5.54. The standard InChI is InChI=1S/C16H31N3/c1-5-8-9-15(6-2)16(17-7-3)11-10-14-12-18-19(4)13-14/h12-13,15-17H,5-11H2,1-4H3. The first kappa shape index (κ1) is 16.2. The fourth-order valence-electron chi connectivity index (χ4n) is 2.85. The summed E-state index contributed by atoms with van der Waals surface area (Å²) in [5.74, 6) is 0.816. The third-order valence-electron chi connectivity index (χ3n) is 3.99. The van der Waals surface area contributed by atoms with Gasteiger partial charge in [0.15, 0.2) is 0 Å². The minimum absolute atomic E-state index is 0.654. The zero-order valence-corrected chi connectivity index (χ0v) is 13.2. The summed E-state index contributed by atoms with van der Waals surface area (Å²) < 4.78 is 1.89. The molecule has 1 N–H and O–H groups in total. The maximum Gasteiger partial charge on any atom is 0.0521 e. The molecule has 1 heterocycles. The van der Waals surface area contributed by atoms with Crippen molar-refractivity contribution in [1.82, 2.24) is 15.1 Å². The number of unbranched alkanes of at least 4 members (excludes halogenated alkanes) is 1. The lowest BCUT2D eigenvalue weighted by molar-refractivity contribution is 0.307. The quantitative estimate of drug-likeness (QED) is 0.701. The van der Waals surface area contributed by atoms with E-state index in [0.29, 0.717) is 6.04 Å². The van der Waals surface area contributed by atoms with Gasteiger partial charge in [0, 0.05) is 19.3 Å². The van der Waals surface area contributed by atoms with Gasteiger partial charge in [0.25, 0.3) is 0 Å². The van der Waals surface area contributed by atoms with E-state index in [9.17, 15) is 0 Å². The number of rotatable bonds is 10. The van der Waals surface area contributed by atoms with Crippen LogP contribution in [0.4, 0.5) is 0 Å². The lowest BCUT2D eigenvalue weighted by Crippen LogP contribution is -2.36. The van der Waals surface area contributed by atoms with E-state index in [1.165, 1.54) is 37.7 Å². The number of hydrogen-bond donors (Lipinski definition) is 1. The Morgan fingerprint density at radius 1 is 1.26 bits per heavy atom. The first-order valence-electron chi connectivity index (χ1n) is 7.92. The highest BCUT2D eigenvalue weighted by molar-refractivity contribution is 5.04. The summed E-state index contributed by atoms with van der Waals surface area (Å²) in [5, 5.41) is 7.94. The lowest BCUT2D eigenvalue weighted by Gasteiger charge is -2.27. The van der Waals surface area contributed by atoms with Gasteiger partial charge in [-0.15, -0.1) is 0 Å². The molecule has 0 saturated heterocycles. The molecule has 0 bridgehead atoms. The number of aryl methyl sites for hydroxylation is 2. The highest BCUT2D eigenvalue weighted by atomic mass is 15.2. The second-order valence-electron chi connectivity index (χ2n) is 5.54. The number of aromatic nitrogens is 2. The largest absolute Gasteiger partial charge is 0.314 e. The number of hydrogen-bond acceptors (Lipinski definition) is 2. The van der Waals surface area contributed by atoms with E-state index in [1.54, 1.807) is 0 Å². The van der Waals surface area contributed by atoms with Crippen molar-refractivity contribution in [2.45, 2.75) is 65.3 Å². The van der Waals surface area contributed by atoms with Gasteiger partial charge in [-0.05, 0) is 37.3 Å². The van der Waals surface area contributed by atoms with Crippen molar-refractivity contribution in [2.75, 3.05) is 6.54 Å². The van der Waals surface area contributed by atoms with Crippen LogP contribution in [0.25, 0.3) is 0 Å². The van der Waals surface area contributed by atoms with Crippen molar-refractivity contribution in [3.8, 4) is 0 Å². The van der Waals surface area contributed by atoms with E-state index in [4.69, 9.17) is 0 Å². The third kappa shape index (κ3) is 5.77. The fraction of sp³-hybridized carbons (Fsp3) is 0.812. The molecule has 3 heteroatoms. The van der Waals surface area contributed by atoms with Crippen LogP contribution in [0.2, 0.25) is 0 Å². The molecule has 1 aromatic heterocycles. The van der Waals surface area contributed by atoms with Crippen molar-refractivity contribution in [2.24, 2.45) is 13.0 Å². The summed E-state index contributed by atoms with van der Waals surface area (Å²) in [6.07, 6.45) is 11.8. The van der Waals surface area contributed by atoms with E-state index in [-0.39, 0.29) is 0 Å². The molecule has 0 aliphatic heterocycles. The first-order valence-corrected chi connectivity index (χ1v) is 7.92. The maximum absolute atomic E-state index is 4.25. The molecule has 19 heavy (non-hydrogen) atoms. The summed E-state index contributed by atoms with van der Waals surface area (Å²) in [6.45, 7) is 7.89. The van der Waals surface area contributed by atoms with Gasteiger partial charge in [-0.1, -0.05) is 40.0 Å². The molecular formula is C16H31N3. The topological polar surface area (TPSA) is 29.9 Å². The normalized spacial score (nSPS) is 14.5. The van der Waals surface area contributed by atoms with E-state index in [1.807, 2.05) is 17.9 Å². The van der Waals surface area contributed by atoms with Crippen LogP contribution in [0.1, 0.15) is 58.4 Å². The molecule has 0 aliphatic carbocycles. The van der Waals surface area contributed by atoms with E-state index < -0.39 is 0 Å². The Labute approximate surface area is 118 Å². The van der Waals surface area contributed by atoms with Crippen molar-refractivity contribution >= 4 is 0 Å². The summed E-state index contributed by atoms with van der Waals surface area (Å²) in [5.41, 5.74) is 1.36. The van der Waals surface area contributed by atoms with Crippen LogP contribution in [0.15, 0.2) is 12.4 Å². The van der Waals surface area contributed by atoms with Crippen LogP contribution >= 0.6 is 0 Å². The lowest BCUT2D eigenvalue weighted by atomic mass is 9.88. The monoisotopic (exact) mass is 265 g/mol. The fourth-order valence-corrected chi connectivity index (χ4v) is 2.85. The Kier molecular flexibility index (Phi) is 7.80. The molecule has 110 valence electrons. The summed E-state index contributed by atoms with van der Waals surface area (Å²) >= 11 is 0. The van der Waals surface area contributed by atoms with E-state index in [0.717, 1.165) is 18.9 Å². The Bertz CT molecular complexity index is 332. The molecule has 1 aromatic rings. The van der Waals surface area contributed by atoms with Gasteiger partial charge in [0.2, 0.25) is 0 Å². The minimum Gasteiger partial charge on any atom is -0.314 e. The van der Waals surface area contributed by atoms with E-state index in [2.05, 4.69) is 37.4 Å². The molecule has 0 fully saturated rings. The first-order chi connectivity index (χ1) is 9.21. The predicted octanol–water partition coefficient (Wildman–Crippen LogP) is 3.55. The van der Waals surface area contributed by atoms with Gasteiger partial charge in [0.1, 0.15) is 0 Å². The van der Waals surface area contributed by atoms with Gasteiger partial charge >= 0.3 is 0 Å². The van der Waals surface area contributed by atoms with Gasteiger partial charge in [-0.3, -0.25) is 4.68 Å². The molecule has 0 radical (unpaired) electrons. The van der Waals surface area contributed by atoms with Gasteiger partial charge in [0.05, 0.1) is 6.20 Å². The Morgan fingerprint density at radius 3 is 2.58 bits per heavy atom. The molecule has 0 spiro atoms. The van der Waals surface area contributed by atoms with E-state index >= 15 is 0 Å². The Balaban J connectivity index is 2.49. The van der Waals surface area contributed by atoms with Gasteiger partial charge in [-0.25, -0.2) is 0 Å². The predicted molar refractivity (Wildman–Crippen MR) is 82.3 cm³/mol. The molecule has 0 aromatic carbocycles. The van der Waals surface area contributed by atoms with Crippen LogP contribution in [0.5, 0.6) is 0 Å². The smallest absolute Gasteiger partial charge is 0.0521 e. The Hall–Kier alpha value is -0.830. The molecule has 2 unspecified atom stereocenters. The summed E-state index contributed by atoms with van der Waals surface area (Å²) in [4.78, 5) is 0. The van der Waals surface area contributed by atoms with Crippen molar-refractivity contribution in [3.05, 3.63) is 18.0 Å². The zero-order valence-electron chi connectivity index (χ0n) is 13.2. The maximum atomic E-state index is 4.25. The van der Waals surface area contributed by atoms with Crippen LogP contribution in [0.3, 0.4) is 0 Å². The summed E-state index contributed by atoms with van der Waals surface area (Å²) in [6, 6.07) is 0.654. The van der Waals surface area contributed by atoms with Crippen LogP contribution < -0.4 is 5.32 Å². The molecule has 0 saturated carbocycles. The molecule has 0 amide bonds. The minimum atomic E-state index is 0.654. The molecule has 2 atom stereocenters. The van der Waals surface area contributed by atoms with Crippen LogP contribution in [0, 0.1) is 5.92 Å². The Morgan fingerprint density at radius 2 is 2.05 bits per heavy atom. The van der Waals surface area contributed by atoms with Crippen molar-refractivity contribution < 1.29 is 0 Å². The molecule has 3 nitrogen and oxygen atoms in total. The average molecular weight is 265 g/mol. The van der Waals surface area contributed by atoms with Gasteiger partial charge in [-0.2, -0.15) is 5.10 Å². The number of nitrogens with zero attached hydrogens (tertiary/aromatic N) is 2. The third-order valence-corrected chi connectivity index (χ3v) is 3.99. The summed E-state index contributed by atoms with van der Waals surface area (Å²) in [7, 11) is 1.99. The van der Waals surface area contributed by atoms with Crippen LogP contribution in [-0.2, 0) is 13.5 Å². The van der Waals surface area contributed by atoms with Crippen LogP contribution in [-0.4, -0.2) is 22.4 Å². The highest BCUT2D eigenvalue weighted by Crippen LogP contribution is 2.20. The average Bonchev–Trinajstić information content (AvgIpc) is 2.82. The van der Waals surface area contributed by atoms with Crippen molar-refractivity contribution in [3.63, 3.8) is 0 Å². The number of nitrogens with one attached hydrogen (secondary N) is 1.